The maximum atomic E-state index is 12.7. The molecule has 4 nitrogen and oxygen atoms in total. The largest absolute Gasteiger partial charge is 0.353 e. The molecule has 4 saturated carbocycles. The quantitative estimate of drug-likeness (QED) is 0.815. The summed E-state index contributed by atoms with van der Waals surface area (Å²) in [5.74, 6) is 4.11. The monoisotopic (exact) mass is 343 g/mol. The number of nitrogens with zero attached hydrogens (tertiary/aromatic N) is 2. The zero-order chi connectivity index (χ0) is 17.4. The molecule has 1 N–H and O–H groups in total. The van der Waals surface area contributed by atoms with E-state index in [4.69, 9.17) is 0 Å². The Morgan fingerprint density at radius 1 is 1.24 bits per heavy atom. The summed E-state index contributed by atoms with van der Waals surface area (Å²) >= 11 is 0. The van der Waals surface area contributed by atoms with Gasteiger partial charge < -0.3 is 9.88 Å². The van der Waals surface area contributed by atoms with Crippen molar-refractivity contribution in [3.8, 4) is 0 Å². The molecule has 5 rings (SSSR count). The number of nitrogens with one attached hydrogen (secondary N) is 1. The molecule has 0 aromatic carbocycles. The molecule has 0 spiro atoms. The predicted octanol–water partition coefficient (Wildman–Crippen LogP) is 3.95. The van der Waals surface area contributed by atoms with E-state index in [1.54, 1.807) is 0 Å². The summed E-state index contributed by atoms with van der Waals surface area (Å²) in [4.78, 5) is 17.0. The number of hydrogen-bond donors (Lipinski definition) is 1. The SMILES string of the molecule is CCc1nccn1CCC(=O)N[C@H](CC)C12CC3CC(CC(C3)C1)C2. The van der Waals surface area contributed by atoms with Crippen molar-refractivity contribution in [3.63, 3.8) is 0 Å². The summed E-state index contributed by atoms with van der Waals surface area (Å²) in [6, 6.07) is 0.377. The fourth-order valence-electron chi connectivity index (χ4n) is 6.64. The second kappa shape index (κ2) is 6.77. The molecular weight excluding hydrogens is 310 g/mol. The fourth-order valence-corrected chi connectivity index (χ4v) is 6.64. The molecule has 4 heteroatoms. The van der Waals surface area contributed by atoms with Crippen LogP contribution in [0.5, 0.6) is 0 Å². The number of carbonyl (C=O) groups excluding carboxylic acids is 1. The molecule has 4 aliphatic carbocycles. The van der Waals surface area contributed by atoms with Crippen LogP contribution >= 0.6 is 0 Å². The second-order valence-corrected chi connectivity index (χ2v) is 8.95. The van der Waals surface area contributed by atoms with Gasteiger partial charge in [0.05, 0.1) is 0 Å². The molecule has 1 heterocycles. The van der Waals surface area contributed by atoms with Crippen molar-refractivity contribution in [1.82, 2.24) is 14.9 Å². The molecule has 0 saturated heterocycles. The molecule has 4 aliphatic rings. The van der Waals surface area contributed by atoms with Crippen LogP contribution in [0.15, 0.2) is 12.4 Å². The lowest BCUT2D eigenvalue weighted by Crippen LogP contribution is -2.56. The van der Waals surface area contributed by atoms with Gasteiger partial charge in [0.1, 0.15) is 5.82 Å². The molecule has 1 aromatic rings. The van der Waals surface area contributed by atoms with Gasteiger partial charge in [0.2, 0.25) is 5.91 Å². The Morgan fingerprint density at radius 2 is 1.88 bits per heavy atom. The van der Waals surface area contributed by atoms with Crippen molar-refractivity contribution in [2.24, 2.45) is 23.2 Å². The first kappa shape index (κ1) is 17.1. The van der Waals surface area contributed by atoms with Crippen LogP contribution in [0.4, 0.5) is 0 Å². The van der Waals surface area contributed by atoms with Crippen LogP contribution in [0.1, 0.15) is 71.0 Å². The average molecular weight is 344 g/mol. The first-order valence-corrected chi connectivity index (χ1v) is 10.4. The van der Waals surface area contributed by atoms with Gasteiger partial charge in [0.25, 0.3) is 0 Å². The number of amides is 1. The summed E-state index contributed by atoms with van der Waals surface area (Å²) in [6.45, 7) is 5.11. The van der Waals surface area contributed by atoms with Crippen LogP contribution < -0.4 is 5.32 Å². The van der Waals surface area contributed by atoms with Crippen molar-refractivity contribution in [1.29, 1.82) is 0 Å². The van der Waals surface area contributed by atoms with E-state index in [1.165, 1.54) is 38.5 Å². The van der Waals surface area contributed by atoms with Gasteiger partial charge >= 0.3 is 0 Å². The summed E-state index contributed by atoms with van der Waals surface area (Å²) in [5.41, 5.74) is 0.406. The van der Waals surface area contributed by atoms with Crippen LogP contribution in [-0.4, -0.2) is 21.5 Å². The second-order valence-electron chi connectivity index (χ2n) is 8.95. The molecule has 0 radical (unpaired) electrons. The lowest BCUT2D eigenvalue weighted by molar-refractivity contribution is -0.126. The Balaban J connectivity index is 1.38. The van der Waals surface area contributed by atoms with E-state index in [0.717, 1.165) is 43.0 Å². The Hall–Kier alpha value is -1.32. The van der Waals surface area contributed by atoms with E-state index < -0.39 is 0 Å². The predicted molar refractivity (Wildman–Crippen MR) is 99.0 cm³/mol. The molecule has 0 aliphatic heterocycles. The molecule has 25 heavy (non-hydrogen) atoms. The van der Waals surface area contributed by atoms with Gasteiger partial charge in [-0.2, -0.15) is 0 Å². The van der Waals surface area contributed by atoms with E-state index in [0.29, 0.717) is 17.9 Å². The third-order valence-corrected chi connectivity index (χ3v) is 7.27. The van der Waals surface area contributed by atoms with E-state index in [1.807, 2.05) is 12.4 Å². The van der Waals surface area contributed by atoms with E-state index in [-0.39, 0.29) is 5.91 Å². The van der Waals surface area contributed by atoms with Crippen LogP contribution in [0, 0.1) is 23.2 Å². The molecular formula is C21H33N3O. The first-order chi connectivity index (χ1) is 12.1. The number of rotatable bonds is 7. The van der Waals surface area contributed by atoms with E-state index in [2.05, 4.69) is 28.7 Å². The zero-order valence-electron chi connectivity index (χ0n) is 15.8. The Morgan fingerprint density at radius 3 is 2.44 bits per heavy atom. The van der Waals surface area contributed by atoms with Gasteiger partial charge in [-0.15, -0.1) is 0 Å². The van der Waals surface area contributed by atoms with Gasteiger partial charge in [-0.1, -0.05) is 13.8 Å². The molecule has 1 aromatic heterocycles. The zero-order valence-corrected chi connectivity index (χ0v) is 15.8. The number of imidazole rings is 1. The summed E-state index contributed by atoms with van der Waals surface area (Å²) in [6.07, 6.45) is 14.8. The van der Waals surface area contributed by atoms with Gasteiger partial charge in [-0.3, -0.25) is 4.79 Å². The molecule has 0 unspecified atom stereocenters. The average Bonchev–Trinajstić information content (AvgIpc) is 3.04. The molecule has 1 amide bonds. The normalized spacial score (nSPS) is 34.2. The third-order valence-electron chi connectivity index (χ3n) is 7.27. The molecule has 138 valence electrons. The lowest BCUT2D eigenvalue weighted by atomic mass is 9.47. The smallest absolute Gasteiger partial charge is 0.222 e. The van der Waals surface area contributed by atoms with Crippen LogP contribution in [0.25, 0.3) is 0 Å². The molecule has 4 bridgehead atoms. The van der Waals surface area contributed by atoms with Gasteiger partial charge in [0.15, 0.2) is 0 Å². The minimum atomic E-state index is 0.221. The van der Waals surface area contributed by atoms with Gasteiger partial charge in [0, 0.05) is 37.8 Å². The van der Waals surface area contributed by atoms with E-state index >= 15 is 0 Å². The number of aryl methyl sites for hydroxylation is 2. The highest BCUT2D eigenvalue weighted by Crippen LogP contribution is 2.61. The van der Waals surface area contributed by atoms with Crippen molar-refractivity contribution in [2.45, 2.75) is 84.2 Å². The Bertz CT molecular complexity index is 585. The third kappa shape index (κ3) is 3.24. The maximum absolute atomic E-state index is 12.7. The number of hydrogen-bond acceptors (Lipinski definition) is 2. The van der Waals surface area contributed by atoms with Gasteiger partial charge in [-0.05, 0) is 68.1 Å². The summed E-state index contributed by atoms with van der Waals surface area (Å²) < 4.78 is 2.12. The van der Waals surface area contributed by atoms with Crippen LogP contribution in [0.3, 0.4) is 0 Å². The van der Waals surface area contributed by atoms with Crippen LogP contribution in [-0.2, 0) is 17.8 Å². The lowest BCUT2D eigenvalue weighted by Gasteiger charge is -2.59. The maximum Gasteiger partial charge on any atom is 0.222 e. The van der Waals surface area contributed by atoms with E-state index in [9.17, 15) is 4.79 Å². The van der Waals surface area contributed by atoms with Crippen molar-refractivity contribution < 1.29 is 4.79 Å². The number of carbonyl (C=O) groups is 1. The molecule has 1 atom stereocenters. The highest BCUT2D eigenvalue weighted by Gasteiger charge is 2.53. The topological polar surface area (TPSA) is 46.9 Å². The van der Waals surface area contributed by atoms with Crippen molar-refractivity contribution in [3.05, 3.63) is 18.2 Å². The Labute approximate surface area is 151 Å². The highest BCUT2D eigenvalue weighted by atomic mass is 16.1. The summed E-state index contributed by atoms with van der Waals surface area (Å²) in [7, 11) is 0. The van der Waals surface area contributed by atoms with Crippen molar-refractivity contribution >= 4 is 5.91 Å². The Kier molecular flexibility index (Phi) is 4.63. The van der Waals surface area contributed by atoms with Gasteiger partial charge in [-0.25, -0.2) is 4.98 Å². The summed E-state index contributed by atoms with van der Waals surface area (Å²) in [5, 5.41) is 3.45. The minimum absolute atomic E-state index is 0.221. The minimum Gasteiger partial charge on any atom is -0.353 e. The molecule has 4 fully saturated rings. The number of aromatic nitrogens is 2. The standard InChI is InChI=1S/C21H33N3O/c1-3-18(21-12-15-9-16(13-21)11-17(10-15)14-21)23-20(25)5-7-24-8-6-22-19(24)4-2/h6,8,15-18H,3-5,7,9-14H2,1-2H3,(H,23,25)/t15?,16?,17?,18-,21?/m1/s1. The van der Waals surface area contributed by atoms with Crippen LogP contribution in [0.2, 0.25) is 0 Å². The first-order valence-electron chi connectivity index (χ1n) is 10.4. The highest BCUT2D eigenvalue weighted by molar-refractivity contribution is 5.76. The van der Waals surface area contributed by atoms with Crippen molar-refractivity contribution in [2.75, 3.05) is 0 Å². The fraction of sp³-hybridized carbons (Fsp3) is 0.810.